The second-order valence-corrected chi connectivity index (χ2v) is 41.2. The van der Waals surface area contributed by atoms with Gasteiger partial charge in [0.2, 0.25) is 23.6 Å². The fraction of sp³-hybridized carbons (Fsp3) is 0.742. The highest BCUT2D eigenvalue weighted by molar-refractivity contribution is 5.82. The molecule has 0 aromatic heterocycles. The van der Waals surface area contributed by atoms with E-state index in [4.69, 9.17) is 43.0 Å². The maximum atomic E-state index is 14.3. The van der Waals surface area contributed by atoms with Gasteiger partial charge in [0.25, 0.3) is 0 Å². The van der Waals surface area contributed by atoms with E-state index >= 15 is 0 Å². The number of unbranched alkanes of at least 4 members (excludes halogenated alkanes) is 41. The largest absolute Gasteiger partial charge is 0.481 e. The first kappa shape index (κ1) is 132. The molecule has 4 aromatic carbocycles. The molecule has 5 amide bonds. The summed E-state index contributed by atoms with van der Waals surface area (Å²) in [6.07, 6.45) is 43.7. The van der Waals surface area contributed by atoms with Gasteiger partial charge in [-0.05, 0) is 85.5 Å². The predicted octanol–water partition coefficient (Wildman–Crippen LogP) is 22.9. The topological polar surface area (TPSA) is 395 Å². The van der Waals surface area contributed by atoms with Gasteiger partial charge in [-0.25, -0.2) is 4.79 Å². The number of alkyl carbamates (subject to hydrolysis) is 1. The standard InChI is InChI=1S/C68H102N2O8.C46H89N3O11.C6H10O3/c1-5-6-7-8-9-10-11-12-14-17-20-35-46-63(74-50-59-40-29-24-30-41-59)66(75-51-60-42-31-25-32-43-60)62(53-76-67-57(4)55(2)56(3)64(78-67)54-73-49-58-38-27-23-28-39-58)70-65(71)47-36-21-18-15-13-16-19-22-37-48-69-68(72)77-52-61-44-33-26-34-45-61;1-3-5-6-7-8-9-10-11-13-16-19-24-29-37(51)42(55)36(35-59-46-45(58)44(57)43(56)38(34-50)60-46)49-41(54)31-26-20-17-14-12-15-18-22-27-33-48-40(53)30-25-21-23-28-32-47-39(52)4-2;1-2-5(7)3-4-6(8)9/h23-34,38-45,55-57,62-64,66-67H,5-22,35-37,46-54H2,1-4H3,(H,69,72)(H,70,71);36-38,42-46,50-51,55-58H,3-35H2,1-2H3,(H,47,52)(H,48,53)(H,49,54);2-4H2,1H3,(H,8,9)/t55-,56+,57?,62-,63+,64?,66-,67-;36-,37+,38?,42-,43-,44-,45?,46-;/m00./s1. The van der Waals surface area contributed by atoms with E-state index in [1.807, 2.05) is 79.7 Å². The van der Waals surface area contributed by atoms with E-state index < -0.39 is 80.0 Å². The van der Waals surface area contributed by atoms with Gasteiger partial charge in [-0.3, -0.25) is 28.8 Å². The number of rotatable bonds is 87. The van der Waals surface area contributed by atoms with Crippen molar-refractivity contribution in [2.24, 2.45) is 17.8 Å². The third kappa shape index (κ3) is 65.6. The molecule has 6 rings (SSSR count). The zero-order valence-corrected chi connectivity index (χ0v) is 91.7. The summed E-state index contributed by atoms with van der Waals surface area (Å²) in [5, 5.41) is 85.5. The molecule has 2 saturated heterocycles. The fourth-order valence-corrected chi connectivity index (χ4v) is 18.6. The molecule has 2 heterocycles. The van der Waals surface area contributed by atoms with Gasteiger partial charge in [0, 0.05) is 64.1 Å². The number of carbonyl (C=O) groups is 7. The highest BCUT2D eigenvalue weighted by atomic mass is 16.7. The Morgan fingerprint density at radius 2 is 0.728 bits per heavy atom. The minimum Gasteiger partial charge on any atom is -0.481 e. The van der Waals surface area contributed by atoms with E-state index in [9.17, 15) is 64.2 Å². The Hall–Kier alpha value is -7.35. The van der Waals surface area contributed by atoms with Gasteiger partial charge in [-0.2, -0.15) is 0 Å². The quantitative estimate of drug-likeness (QED) is 0.0183. The van der Waals surface area contributed by atoms with Crippen LogP contribution in [0.4, 0.5) is 4.79 Å². The number of aliphatic hydroxyl groups excluding tert-OH is 6. The molecule has 0 bridgehead atoms. The second kappa shape index (κ2) is 88.1. The summed E-state index contributed by atoms with van der Waals surface area (Å²) in [6.45, 7) is 18.3. The number of hydrogen-bond donors (Lipinski definition) is 12. The average molecular weight is 2070 g/mol. The van der Waals surface area contributed by atoms with Crippen molar-refractivity contribution in [1.29, 1.82) is 0 Å². The summed E-state index contributed by atoms with van der Waals surface area (Å²) in [5.74, 6) is -0.273. The van der Waals surface area contributed by atoms with E-state index in [1.54, 1.807) is 6.92 Å². The molecule has 2 fully saturated rings. The molecule has 2 aliphatic rings. The van der Waals surface area contributed by atoms with Crippen LogP contribution < -0.4 is 26.6 Å². The number of carboxylic acid groups (broad SMARTS) is 1. The van der Waals surface area contributed by atoms with Gasteiger partial charge in [-0.15, -0.1) is 0 Å². The number of ether oxygens (including phenoxy) is 8. The van der Waals surface area contributed by atoms with Crippen molar-refractivity contribution in [3.8, 4) is 0 Å². The Morgan fingerprint density at radius 3 is 1.17 bits per heavy atom. The van der Waals surface area contributed by atoms with Gasteiger partial charge >= 0.3 is 12.1 Å². The highest BCUT2D eigenvalue weighted by Crippen LogP contribution is 2.37. The molecule has 27 heteroatoms. The molecule has 0 spiro atoms. The highest BCUT2D eigenvalue weighted by Gasteiger charge is 2.46. The third-order valence-electron chi connectivity index (χ3n) is 28.6. The van der Waals surface area contributed by atoms with Crippen molar-refractivity contribution in [2.45, 2.75) is 508 Å². The van der Waals surface area contributed by atoms with Crippen LogP contribution in [-0.4, -0.2) is 203 Å². The maximum absolute atomic E-state index is 14.3. The molecule has 12 N–H and O–H groups in total. The van der Waals surface area contributed by atoms with Gasteiger partial charge in [-0.1, -0.05) is 427 Å². The molecule has 0 aliphatic carbocycles. The SMILES string of the molecule is CCC(=O)CCC(=O)O.CCCCCCCCCCCCCC[C@@H](O)[C@@H](O)[C@H](CO[C@H]1OC(CO)[C@H](O)[C@H](O)C1O)NC(=O)CCCCCCCCCCCNC(=O)CCCCCCNC(=O)CC.CCCCCCCCCCCCCC[C@@H](OCc1ccccc1)[C@@H](OCc1ccccc1)[C@H](CO[C@H]1OC(COCc2ccccc2)[C@H](C)[C@H](C)C1C)NC(=O)CCCCCCCCCCCNC(=O)OCc1ccccc1. The molecule has 147 heavy (non-hydrogen) atoms. The number of carbonyl (C=O) groups excluding carboxylic acids is 6. The number of ketones is 1. The number of carboxylic acids is 1. The number of Topliss-reactive ketones (excluding diaryl/α,β-unsaturated/α-hetero) is 1. The monoisotopic (exact) mass is 2060 g/mol. The maximum Gasteiger partial charge on any atom is 0.407 e. The number of benzene rings is 4. The van der Waals surface area contributed by atoms with Crippen LogP contribution in [0.2, 0.25) is 0 Å². The first-order chi connectivity index (χ1) is 71.5. The van der Waals surface area contributed by atoms with Crippen LogP contribution in [0.1, 0.15) is 424 Å². The summed E-state index contributed by atoms with van der Waals surface area (Å²) < 4.78 is 50.5. The molecule has 4 unspecified atom stereocenters. The number of hydrogen-bond acceptors (Lipinski definition) is 21. The Morgan fingerprint density at radius 1 is 0.354 bits per heavy atom. The van der Waals surface area contributed by atoms with Crippen molar-refractivity contribution >= 4 is 41.5 Å². The molecule has 0 saturated carbocycles. The van der Waals surface area contributed by atoms with Crippen molar-refractivity contribution in [3.63, 3.8) is 0 Å². The van der Waals surface area contributed by atoms with E-state index in [-0.39, 0.29) is 98.6 Å². The molecular formula is C120H201N5O22. The van der Waals surface area contributed by atoms with E-state index in [1.165, 1.54) is 128 Å². The summed E-state index contributed by atoms with van der Waals surface area (Å²) in [6, 6.07) is 39.2. The van der Waals surface area contributed by atoms with Crippen molar-refractivity contribution in [3.05, 3.63) is 144 Å². The zero-order chi connectivity index (χ0) is 107. The van der Waals surface area contributed by atoms with Crippen LogP contribution in [0.15, 0.2) is 121 Å². The van der Waals surface area contributed by atoms with Crippen LogP contribution in [0.25, 0.3) is 0 Å². The van der Waals surface area contributed by atoms with Crippen LogP contribution in [0, 0.1) is 17.8 Å². The van der Waals surface area contributed by atoms with Crippen molar-refractivity contribution in [1.82, 2.24) is 26.6 Å². The average Bonchev–Trinajstić information content (AvgIpc) is 0.819. The molecular weight excluding hydrogens is 1860 g/mol. The molecule has 2 aliphatic heterocycles. The van der Waals surface area contributed by atoms with Crippen LogP contribution in [0.3, 0.4) is 0 Å². The Kier molecular flexibility index (Phi) is 79.1. The lowest BCUT2D eigenvalue weighted by molar-refractivity contribution is -0.303. The van der Waals surface area contributed by atoms with Gasteiger partial charge in [0.15, 0.2) is 12.6 Å². The van der Waals surface area contributed by atoms with Crippen LogP contribution in [0.5, 0.6) is 0 Å². The van der Waals surface area contributed by atoms with Gasteiger partial charge in [0.05, 0.1) is 83.1 Å². The summed E-state index contributed by atoms with van der Waals surface area (Å²) in [5.41, 5.74) is 4.29. The first-order valence-electron chi connectivity index (χ1n) is 57.8. The first-order valence-corrected chi connectivity index (χ1v) is 57.8. The number of amides is 5. The van der Waals surface area contributed by atoms with Gasteiger partial charge in [0.1, 0.15) is 49.0 Å². The number of aliphatic carboxylic acids is 1. The van der Waals surface area contributed by atoms with Gasteiger partial charge < -0.3 is 100 Å². The Balaban J connectivity index is 0.000000581. The zero-order valence-electron chi connectivity index (χ0n) is 91.7. The predicted molar refractivity (Wildman–Crippen MR) is 584 cm³/mol. The normalized spacial score (nSPS) is 18.8. The third-order valence-corrected chi connectivity index (χ3v) is 28.6. The van der Waals surface area contributed by atoms with Crippen molar-refractivity contribution in [2.75, 3.05) is 46.1 Å². The summed E-state index contributed by atoms with van der Waals surface area (Å²) in [4.78, 5) is 83.0. The molecule has 16 atom stereocenters. The lowest BCUT2D eigenvalue weighted by atomic mass is 9.79. The lowest BCUT2D eigenvalue weighted by Crippen LogP contribution is -2.60. The summed E-state index contributed by atoms with van der Waals surface area (Å²) in [7, 11) is 0. The molecule has 4 aromatic rings. The van der Waals surface area contributed by atoms with Crippen LogP contribution >= 0.6 is 0 Å². The van der Waals surface area contributed by atoms with E-state index in [2.05, 4.69) is 110 Å². The molecule has 27 nitrogen and oxygen atoms in total. The summed E-state index contributed by atoms with van der Waals surface area (Å²) >= 11 is 0. The smallest absolute Gasteiger partial charge is 0.407 e. The number of nitrogens with one attached hydrogen (secondary N) is 5. The second-order valence-electron chi connectivity index (χ2n) is 41.2. The molecule has 838 valence electrons. The van der Waals surface area contributed by atoms with E-state index in [0.29, 0.717) is 90.5 Å². The fourth-order valence-electron chi connectivity index (χ4n) is 18.6. The minimum atomic E-state index is -1.62. The molecule has 0 radical (unpaired) electrons. The lowest BCUT2D eigenvalue weighted by Gasteiger charge is -2.44. The Labute approximate surface area is 885 Å². The Bertz CT molecular complexity index is 3850. The number of aliphatic hydroxyl groups is 6. The van der Waals surface area contributed by atoms with Crippen LogP contribution in [-0.2, 0) is 93.1 Å². The van der Waals surface area contributed by atoms with Crippen molar-refractivity contribution < 1.29 is 107 Å². The van der Waals surface area contributed by atoms with E-state index in [0.717, 1.165) is 189 Å². The minimum absolute atomic E-state index is 0.00781.